The highest BCUT2D eigenvalue weighted by molar-refractivity contribution is 5.76. The van der Waals surface area contributed by atoms with Crippen molar-refractivity contribution in [3.05, 3.63) is 48.0 Å². The zero-order chi connectivity index (χ0) is 15.4. The molecule has 2 aromatic rings. The summed E-state index contributed by atoms with van der Waals surface area (Å²) in [6.45, 7) is 1.42. The molecule has 1 aromatic heterocycles. The second-order valence-electron chi connectivity index (χ2n) is 5.55. The fraction of sp³-hybridized carbons (Fsp3) is 0.438. The van der Waals surface area contributed by atoms with E-state index in [1.165, 1.54) is 6.07 Å². The molecule has 3 rings (SSSR count). The van der Waals surface area contributed by atoms with Crippen molar-refractivity contribution in [3.8, 4) is 0 Å². The first kappa shape index (κ1) is 14.7. The minimum Gasteiger partial charge on any atom is -0.343 e. The van der Waals surface area contributed by atoms with Crippen LogP contribution in [0.1, 0.15) is 30.9 Å². The van der Waals surface area contributed by atoms with E-state index in [1.807, 2.05) is 4.90 Å². The van der Waals surface area contributed by atoms with E-state index in [1.54, 1.807) is 35.4 Å². The second-order valence-corrected chi connectivity index (χ2v) is 5.55. The number of carbonyl (C=O) groups is 1. The molecule has 0 spiro atoms. The van der Waals surface area contributed by atoms with Gasteiger partial charge in [0.05, 0.1) is 18.4 Å². The van der Waals surface area contributed by atoms with Gasteiger partial charge in [-0.2, -0.15) is 15.0 Å². The summed E-state index contributed by atoms with van der Waals surface area (Å²) in [5.74, 6) is -0.145. The lowest BCUT2D eigenvalue weighted by Gasteiger charge is -2.31. The number of likely N-dealkylation sites (tertiary alicyclic amines) is 1. The third kappa shape index (κ3) is 3.32. The van der Waals surface area contributed by atoms with Crippen LogP contribution in [-0.2, 0) is 11.2 Å². The quantitative estimate of drug-likeness (QED) is 0.870. The summed E-state index contributed by atoms with van der Waals surface area (Å²) in [5, 5.41) is 8.31. The summed E-state index contributed by atoms with van der Waals surface area (Å²) in [7, 11) is 0. The zero-order valence-corrected chi connectivity index (χ0v) is 12.4. The molecule has 0 saturated carbocycles. The van der Waals surface area contributed by atoms with Crippen LogP contribution in [-0.4, -0.2) is 38.9 Å². The van der Waals surface area contributed by atoms with Crippen molar-refractivity contribution in [1.29, 1.82) is 0 Å². The Bertz CT molecular complexity index is 621. The molecule has 1 fully saturated rings. The number of piperidine rings is 1. The molecule has 0 bridgehead atoms. The summed E-state index contributed by atoms with van der Waals surface area (Å²) in [4.78, 5) is 15.8. The molecule has 1 aromatic carbocycles. The average molecular weight is 302 g/mol. The summed E-state index contributed by atoms with van der Waals surface area (Å²) in [5.41, 5.74) is 0.603. The SMILES string of the molecule is O=C(CCc1ccccc1F)N1CCC(n2nccn2)CC1. The molecule has 0 unspecified atom stereocenters. The van der Waals surface area contributed by atoms with Gasteiger partial charge < -0.3 is 4.90 Å². The van der Waals surface area contributed by atoms with Crippen LogP contribution < -0.4 is 0 Å². The Morgan fingerprint density at radius 3 is 2.55 bits per heavy atom. The molecule has 22 heavy (non-hydrogen) atoms. The van der Waals surface area contributed by atoms with Gasteiger partial charge >= 0.3 is 0 Å². The zero-order valence-electron chi connectivity index (χ0n) is 12.4. The van der Waals surface area contributed by atoms with Crippen molar-refractivity contribution in [3.63, 3.8) is 0 Å². The molecular formula is C16H19FN4O. The normalized spacial score (nSPS) is 16.0. The van der Waals surface area contributed by atoms with Crippen molar-refractivity contribution in [2.45, 2.75) is 31.7 Å². The number of halogens is 1. The van der Waals surface area contributed by atoms with E-state index >= 15 is 0 Å². The average Bonchev–Trinajstić information content (AvgIpc) is 3.08. The van der Waals surface area contributed by atoms with Crippen LogP contribution in [0.2, 0.25) is 0 Å². The molecule has 0 aliphatic carbocycles. The van der Waals surface area contributed by atoms with Gasteiger partial charge in [0.2, 0.25) is 5.91 Å². The number of rotatable bonds is 4. The molecule has 0 N–H and O–H groups in total. The Balaban J connectivity index is 1.49. The molecule has 5 nitrogen and oxygen atoms in total. The van der Waals surface area contributed by atoms with Gasteiger partial charge in [0, 0.05) is 19.5 Å². The Morgan fingerprint density at radius 1 is 1.18 bits per heavy atom. The summed E-state index contributed by atoms with van der Waals surface area (Å²) in [6, 6.07) is 6.89. The highest BCUT2D eigenvalue weighted by Crippen LogP contribution is 2.21. The van der Waals surface area contributed by atoms with E-state index in [0.29, 0.717) is 31.5 Å². The molecule has 1 aliphatic heterocycles. The second kappa shape index (κ2) is 6.68. The standard InChI is InChI=1S/C16H19FN4O/c17-15-4-2-1-3-13(15)5-6-16(22)20-11-7-14(8-12-20)21-18-9-10-19-21/h1-4,9-10,14H,5-8,11-12H2. The van der Waals surface area contributed by atoms with Gasteiger partial charge in [-0.3, -0.25) is 4.79 Å². The minimum atomic E-state index is -0.237. The number of aromatic nitrogens is 3. The van der Waals surface area contributed by atoms with E-state index in [-0.39, 0.29) is 17.8 Å². The number of hydrogen-bond acceptors (Lipinski definition) is 3. The predicted molar refractivity (Wildman–Crippen MR) is 79.6 cm³/mol. The highest BCUT2D eigenvalue weighted by atomic mass is 19.1. The fourth-order valence-electron chi connectivity index (χ4n) is 2.86. The maximum atomic E-state index is 13.5. The first-order valence-electron chi connectivity index (χ1n) is 7.61. The number of nitrogens with zero attached hydrogens (tertiary/aromatic N) is 4. The molecule has 0 atom stereocenters. The van der Waals surface area contributed by atoms with Crippen LogP contribution in [0.4, 0.5) is 4.39 Å². The van der Waals surface area contributed by atoms with Gasteiger partial charge in [-0.05, 0) is 30.9 Å². The van der Waals surface area contributed by atoms with E-state index in [9.17, 15) is 9.18 Å². The van der Waals surface area contributed by atoms with Crippen molar-refractivity contribution in [1.82, 2.24) is 19.9 Å². The number of benzene rings is 1. The van der Waals surface area contributed by atoms with Crippen molar-refractivity contribution in [2.75, 3.05) is 13.1 Å². The van der Waals surface area contributed by atoms with Crippen LogP contribution in [0.5, 0.6) is 0 Å². The number of amides is 1. The van der Waals surface area contributed by atoms with Crippen LogP contribution in [0.15, 0.2) is 36.7 Å². The first-order chi connectivity index (χ1) is 10.7. The first-order valence-corrected chi connectivity index (χ1v) is 7.61. The maximum absolute atomic E-state index is 13.5. The molecule has 116 valence electrons. The predicted octanol–water partition coefficient (Wildman–Crippen LogP) is 2.21. The van der Waals surface area contributed by atoms with Crippen molar-refractivity contribution >= 4 is 5.91 Å². The van der Waals surface area contributed by atoms with E-state index in [4.69, 9.17) is 0 Å². The molecule has 2 heterocycles. The van der Waals surface area contributed by atoms with Gasteiger partial charge in [-0.25, -0.2) is 4.39 Å². The van der Waals surface area contributed by atoms with Gasteiger partial charge in [0.25, 0.3) is 0 Å². The molecule has 1 aliphatic rings. The van der Waals surface area contributed by atoms with Crippen LogP contribution in [0.3, 0.4) is 0 Å². The maximum Gasteiger partial charge on any atom is 0.222 e. The van der Waals surface area contributed by atoms with Crippen LogP contribution in [0.25, 0.3) is 0 Å². The number of carbonyl (C=O) groups excluding carboxylic acids is 1. The molecule has 0 radical (unpaired) electrons. The smallest absolute Gasteiger partial charge is 0.222 e. The molecule has 1 amide bonds. The lowest BCUT2D eigenvalue weighted by molar-refractivity contribution is -0.132. The Morgan fingerprint density at radius 2 is 1.86 bits per heavy atom. The molecule has 1 saturated heterocycles. The van der Waals surface area contributed by atoms with E-state index in [0.717, 1.165) is 12.8 Å². The minimum absolute atomic E-state index is 0.0927. The Labute approximate surface area is 128 Å². The fourth-order valence-corrected chi connectivity index (χ4v) is 2.86. The topological polar surface area (TPSA) is 51.0 Å². The van der Waals surface area contributed by atoms with Gasteiger partial charge in [0.15, 0.2) is 0 Å². The third-order valence-corrected chi connectivity index (χ3v) is 4.15. The largest absolute Gasteiger partial charge is 0.343 e. The lowest BCUT2D eigenvalue weighted by Crippen LogP contribution is -2.39. The summed E-state index contributed by atoms with van der Waals surface area (Å²) in [6.07, 6.45) is 5.87. The van der Waals surface area contributed by atoms with E-state index < -0.39 is 0 Å². The summed E-state index contributed by atoms with van der Waals surface area (Å²) >= 11 is 0. The lowest BCUT2D eigenvalue weighted by atomic mass is 10.0. The number of hydrogen-bond donors (Lipinski definition) is 0. The molecular weight excluding hydrogens is 283 g/mol. The highest BCUT2D eigenvalue weighted by Gasteiger charge is 2.24. The summed E-state index contributed by atoms with van der Waals surface area (Å²) < 4.78 is 13.5. The Kier molecular flexibility index (Phi) is 4.46. The third-order valence-electron chi connectivity index (χ3n) is 4.15. The van der Waals surface area contributed by atoms with Gasteiger partial charge in [-0.1, -0.05) is 18.2 Å². The van der Waals surface area contributed by atoms with Gasteiger partial charge in [0.1, 0.15) is 5.82 Å². The molecule has 6 heteroatoms. The monoisotopic (exact) mass is 302 g/mol. The van der Waals surface area contributed by atoms with Gasteiger partial charge in [-0.15, -0.1) is 0 Å². The number of aryl methyl sites for hydroxylation is 1. The Hall–Kier alpha value is -2.24. The van der Waals surface area contributed by atoms with Crippen molar-refractivity contribution < 1.29 is 9.18 Å². The van der Waals surface area contributed by atoms with Crippen LogP contribution >= 0.6 is 0 Å². The van der Waals surface area contributed by atoms with Crippen molar-refractivity contribution in [2.24, 2.45) is 0 Å². The van der Waals surface area contributed by atoms with E-state index in [2.05, 4.69) is 10.2 Å². The van der Waals surface area contributed by atoms with Crippen LogP contribution in [0, 0.1) is 5.82 Å².